The molecule has 20 heavy (non-hydrogen) atoms. The molecule has 0 unspecified atom stereocenters. The fourth-order valence-corrected chi connectivity index (χ4v) is 3.07. The van der Waals surface area contributed by atoms with Gasteiger partial charge in [-0.3, -0.25) is 0 Å². The van der Waals surface area contributed by atoms with Crippen molar-refractivity contribution in [3.8, 4) is 0 Å². The number of hydrogen-bond donors (Lipinski definition) is 1. The highest BCUT2D eigenvalue weighted by atomic mass is 16.7. The molecule has 0 radical (unpaired) electrons. The fourth-order valence-electron chi connectivity index (χ4n) is 3.07. The third kappa shape index (κ3) is 2.39. The quantitative estimate of drug-likeness (QED) is 0.896. The molecule has 1 aromatic carbocycles. The number of hydrogen-bond acceptors (Lipinski definition) is 4. The summed E-state index contributed by atoms with van der Waals surface area (Å²) in [5.41, 5.74) is 2.36. The maximum absolute atomic E-state index is 11.0. The van der Waals surface area contributed by atoms with Crippen LogP contribution in [0.2, 0.25) is 0 Å². The lowest BCUT2D eigenvalue weighted by Crippen LogP contribution is -2.49. The molecule has 3 rings (SSSR count). The molecule has 5 nitrogen and oxygen atoms in total. The molecule has 1 aromatic rings. The van der Waals surface area contributed by atoms with E-state index in [0.717, 1.165) is 30.6 Å². The molecule has 0 atom stereocenters. The topological polar surface area (TPSA) is 59.0 Å². The fraction of sp³-hybridized carbons (Fsp3) is 0.533. The first-order valence-corrected chi connectivity index (χ1v) is 6.96. The van der Waals surface area contributed by atoms with Gasteiger partial charge in [-0.1, -0.05) is 0 Å². The van der Waals surface area contributed by atoms with E-state index in [1.165, 1.54) is 0 Å². The third-order valence-corrected chi connectivity index (χ3v) is 4.02. The Bertz CT molecular complexity index is 523. The molecule has 2 aliphatic rings. The van der Waals surface area contributed by atoms with E-state index in [1.807, 2.05) is 13.0 Å². The number of benzene rings is 1. The van der Waals surface area contributed by atoms with E-state index in [4.69, 9.17) is 14.6 Å². The summed E-state index contributed by atoms with van der Waals surface area (Å²) in [6, 6.07) is 5.25. The van der Waals surface area contributed by atoms with Crippen LogP contribution in [0.15, 0.2) is 18.2 Å². The van der Waals surface area contributed by atoms with Crippen molar-refractivity contribution in [3.63, 3.8) is 0 Å². The minimum Gasteiger partial charge on any atom is -0.478 e. The second-order valence-electron chi connectivity index (χ2n) is 5.44. The van der Waals surface area contributed by atoms with Crippen LogP contribution in [0.4, 0.5) is 5.69 Å². The predicted octanol–water partition coefficient (Wildman–Crippen LogP) is 2.04. The molecule has 0 aliphatic carbocycles. The van der Waals surface area contributed by atoms with Gasteiger partial charge < -0.3 is 19.5 Å². The molecular formula is C15H19NO4. The number of rotatable bonds is 2. The van der Waals surface area contributed by atoms with Crippen molar-refractivity contribution >= 4 is 11.7 Å². The number of carboxylic acids is 1. The van der Waals surface area contributed by atoms with Crippen LogP contribution in [0.25, 0.3) is 0 Å². The SMILES string of the molecule is Cc1cc(C(=O)O)ccc1N1CCCC2(C1)OCCO2. The van der Waals surface area contributed by atoms with Crippen LogP contribution in [0.5, 0.6) is 0 Å². The van der Waals surface area contributed by atoms with Crippen molar-refractivity contribution in [1.82, 2.24) is 0 Å². The zero-order valence-corrected chi connectivity index (χ0v) is 11.6. The molecule has 2 heterocycles. The Morgan fingerprint density at radius 3 is 2.75 bits per heavy atom. The molecule has 2 fully saturated rings. The van der Waals surface area contributed by atoms with Gasteiger partial charge in [0.25, 0.3) is 0 Å². The van der Waals surface area contributed by atoms with Crippen LogP contribution >= 0.6 is 0 Å². The summed E-state index contributed by atoms with van der Waals surface area (Å²) in [6.45, 7) is 4.91. The summed E-state index contributed by atoms with van der Waals surface area (Å²) >= 11 is 0. The van der Waals surface area contributed by atoms with E-state index >= 15 is 0 Å². The van der Waals surface area contributed by atoms with Crippen LogP contribution in [0, 0.1) is 6.92 Å². The number of carbonyl (C=O) groups is 1. The standard InChI is InChI=1S/C15H19NO4/c1-11-9-12(14(17)18)3-4-13(11)16-6-2-5-15(10-16)19-7-8-20-15/h3-4,9H,2,5-8,10H2,1H3,(H,17,18). The first-order chi connectivity index (χ1) is 9.60. The lowest BCUT2D eigenvalue weighted by molar-refractivity contribution is -0.161. The van der Waals surface area contributed by atoms with Gasteiger partial charge in [-0.2, -0.15) is 0 Å². The largest absolute Gasteiger partial charge is 0.478 e. The highest BCUT2D eigenvalue weighted by molar-refractivity contribution is 5.88. The molecule has 0 aromatic heterocycles. The molecule has 0 saturated carbocycles. The van der Waals surface area contributed by atoms with E-state index in [-0.39, 0.29) is 0 Å². The number of piperidine rings is 1. The third-order valence-electron chi connectivity index (χ3n) is 4.02. The highest BCUT2D eigenvalue weighted by Crippen LogP contribution is 2.33. The number of ether oxygens (including phenoxy) is 2. The van der Waals surface area contributed by atoms with Gasteiger partial charge in [0.15, 0.2) is 5.79 Å². The molecule has 2 aliphatic heterocycles. The maximum Gasteiger partial charge on any atom is 0.335 e. The van der Waals surface area contributed by atoms with E-state index in [9.17, 15) is 4.79 Å². The summed E-state index contributed by atoms with van der Waals surface area (Å²) in [5, 5.41) is 9.02. The molecule has 1 N–H and O–H groups in total. The number of aryl methyl sites for hydroxylation is 1. The number of aromatic carboxylic acids is 1. The Kier molecular flexibility index (Phi) is 3.40. The van der Waals surface area contributed by atoms with Crippen LogP contribution in [-0.2, 0) is 9.47 Å². The first-order valence-electron chi connectivity index (χ1n) is 6.96. The Labute approximate surface area is 118 Å². The summed E-state index contributed by atoms with van der Waals surface area (Å²) < 4.78 is 11.6. The van der Waals surface area contributed by atoms with E-state index in [1.54, 1.807) is 12.1 Å². The van der Waals surface area contributed by atoms with Crippen LogP contribution < -0.4 is 4.90 Å². The average Bonchev–Trinajstić information content (AvgIpc) is 2.86. The van der Waals surface area contributed by atoms with Crippen molar-refractivity contribution in [1.29, 1.82) is 0 Å². The zero-order chi connectivity index (χ0) is 14.2. The van der Waals surface area contributed by atoms with Gasteiger partial charge >= 0.3 is 5.97 Å². The Morgan fingerprint density at radius 1 is 1.35 bits per heavy atom. The zero-order valence-electron chi connectivity index (χ0n) is 11.6. The van der Waals surface area contributed by atoms with Gasteiger partial charge in [0.05, 0.1) is 25.3 Å². The van der Waals surface area contributed by atoms with Gasteiger partial charge in [0, 0.05) is 18.7 Å². The van der Waals surface area contributed by atoms with Gasteiger partial charge in [-0.25, -0.2) is 4.79 Å². The molecule has 0 amide bonds. The molecule has 0 bridgehead atoms. The number of anilines is 1. The Morgan fingerprint density at radius 2 is 2.10 bits per heavy atom. The predicted molar refractivity (Wildman–Crippen MR) is 74.2 cm³/mol. The van der Waals surface area contributed by atoms with Crippen LogP contribution in [0.1, 0.15) is 28.8 Å². The number of nitrogens with zero attached hydrogens (tertiary/aromatic N) is 1. The van der Waals surface area contributed by atoms with Crippen LogP contribution in [0.3, 0.4) is 0 Å². The molecule has 1 spiro atoms. The summed E-state index contributed by atoms with van der Waals surface area (Å²) in [4.78, 5) is 13.2. The van der Waals surface area contributed by atoms with Crippen LogP contribution in [-0.4, -0.2) is 43.2 Å². The smallest absolute Gasteiger partial charge is 0.335 e. The number of carboxylic acid groups (broad SMARTS) is 1. The van der Waals surface area contributed by atoms with Crippen molar-refractivity contribution < 1.29 is 19.4 Å². The lowest BCUT2D eigenvalue weighted by atomic mass is 10.0. The Hall–Kier alpha value is -1.59. The maximum atomic E-state index is 11.0. The normalized spacial score (nSPS) is 21.4. The molecule has 2 saturated heterocycles. The monoisotopic (exact) mass is 277 g/mol. The Balaban J connectivity index is 1.83. The summed E-state index contributed by atoms with van der Waals surface area (Å²) in [6.07, 6.45) is 1.94. The van der Waals surface area contributed by atoms with E-state index in [2.05, 4.69) is 4.90 Å². The minimum absolute atomic E-state index is 0.325. The van der Waals surface area contributed by atoms with Gasteiger partial charge in [0.2, 0.25) is 0 Å². The van der Waals surface area contributed by atoms with Crippen molar-refractivity contribution in [2.24, 2.45) is 0 Å². The van der Waals surface area contributed by atoms with Gasteiger partial charge in [0.1, 0.15) is 0 Å². The average molecular weight is 277 g/mol. The van der Waals surface area contributed by atoms with Gasteiger partial charge in [-0.15, -0.1) is 0 Å². The minimum atomic E-state index is -0.891. The first kappa shape index (κ1) is 13.4. The second kappa shape index (κ2) is 5.07. The summed E-state index contributed by atoms with van der Waals surface area (Å²) in [7, 11) is 0. The van der Waals surface area contributed by atoms with Crippen molar-refractivity contribution in [2.75, 3.05) is 31.2 Å². The van der Waals surface area contributed by atoms with E-state index in [0.29, 0.717) is 25.3 Å². The lowest BCUT2D eigenvalue weighted by Gasteiger charge is -2.40. The van der Waals surface area contributed by atoms with Gasteiger partial charge in [-0.05, 0) is 37.1 Å². The molecule has 5 heteroatoms. The van der Waals surface area contributed by atoms with Crippen molar-refractivity contribution in [2.45, 2.75) is 25.6 Å². The molecular weight excluding hydrogens is 258 g/mol. The second-order valence-corrected chi connectivity index (χ2v) is 5.44. The highest BCUT2D eigenvalue weighted by Gasteiger charge is 2.41. The molecule has 108 valence electrons. The van der Waals surface area contributed by atoms with E-state index < -0.39 is 11.8 Å². The summed E-state index contributed by atoms with van der Waals surface area (Å²) in [5.74, 6) is -1.35. The van der Waals surface area contributed by atoms with Crippen molar-refractivity contribution in [3.05, 3.63) is 29.3 Å².